The van der Waals surface area contributed by atoms with Gasteiger partial charge in [0, 0.05) is 74.3 Å². The Morgan fingerprint density at radius 2 is 0.531 bits per heavy atom. The minimum Gasteiger partial charge on any atom is -0.311 e. The monoisotopic (exact) mass is 1240 g/mol. The lowest BCUT2D eigenvalue weighted by molar-refractivity contribution is 1.10. The zero-order valence-corrected chi connectivity index (χ0v) is 56.0. The first kappa shape index (κ1) is 58.5. The number of benzene rings is 11. The molecule has 0 amide bonds. The number of aromatic nitrogens is 2. The maximum absolute atomic E-state index is 6.48. The van der Waals surface area contributed by atoms with Crippen LogP contribution < -0.4 is 62.2 Å². The molecule has 17 rings (SSSR count). The molecular formula is C86H72B2N8. The Kier molecular flexibility index (Phi) is 13.8. The zero-order chi connectivity index (χ0) is 65.4. The number of aryl methyl sites for hydroxylation is 10. The second-order valence-corrected chi connectivity index (χ2v) is 27.1. The van der Waals surface area contributed by atoms with Crippen LogP contribution in [-0.2, 0) is 0 Å². The molecule has 6 heterocycles. The van der Waals surface area contributed by atoms with E-state index >= 15 is 0 Å². The SMILES string of the molecule is Cc1ccc(N(c2ccc(C)cc2)c2cc3c4c(c2)N(c2ccc(C)cc2)c2nc5c(cc2B4c2cc(C)ccc2N3c2ccc(C)cc2)B2c3cc(C)ccc3N(c3ccc(C)cc3)c3nc(N(c4ccc(C)cc4)c4ccc(C)cc4)cc(c32)N5c2ccc(C)cc2)cc1. The third kappa shape index (κ3) is 9.67. The second-order valence-electron chi connectivity index (χ2n) is 27.1. The van der Waals surface area contributed by atoms with E-state index in [1.54, 1.807) is 0 Å². The molecule has 96 heavy (non-hydrogen) atoms. The van der Waals surface area contributed by atoms with Crippen molar-refractivity contribution in [1.82, 2.24) is 9.97 Å². The van der Waals surface area contributed by atoms with Gasteiger partial charge in [0.25, 0.3) is 13.4 Å². The molecule has 0 bridgehead atoms. The van der Waals surface area contributed by atoms with Crippen LogP contribution in [0.4, 0.5) is 103 Å². The standard InChI is InChI=1S/C86H72B2N8/c1-53-11-29-63(30-12-53)91(64-31-13-54(2)14-32-64)71-49-78-82-79(50-71)95(69-41-23-59(7)24-42-69)84-74(87(82)72-47-61(9)27-45-76(72)93(78)67-37-19-57(5)20-38-67)51-75-85(90-84)96(70-43-25-60(8)26-44-70)80-52-81(92(65-33-15-55(3)16-34-65)66-35-17-56(4)18-36-66)89-86-83(80)88(75)73-48-62(10)28-46-77(73)94(86)68-39-21-58(6)22-40-68/h11-52H,1-10H3. The smallest absolute Gasteiger partial charge is 0.256 e. The summed E-state index contributed by atoms with van der Waals surface area (Å²) in [6.07, 6.45) is 0. The maximum Gasteiger partial charge on any atom is 0.256 e. The van der Waals surface area contributed by atoms with Crippen LogP contribution in [-0.4, -0.2) is 23.4 Å². The summed E-state index contributed by atoms with van der Waals surface area (Å²) < 4.78 is 0. The van der Waals surface area contributed by atoms with Gasteiger partial charge in [-0.05, 0) is 223 Å². The molecule has 0 atom stereocenters. The zero-order valence-electron chi connectivity index (χ0n) is 56.0. The fourth-order valence-electron chi connectivity index (χ4n) is 15.1. The Hall–Kier alpha value is -11.4. The van der Waals surface area contributed by atoms with Crippen molar-refractivity contribution >= 4 is 149 Å². The van der Waals surface area contributed by atoms with Gasteiger partial charge in [0.2, 0.25) is 0 Å². The summed E-state index contributed by atoms with van der Waals surface area (Å²) in [4.78, 5) is 27.2. The summed E-state index contributed by atoms with van der Waals surface area (Å²) in [7, 11) is 0. The summed E-state index contributed by atoms with van der Waals surface area (Å²) >= 11 is 0. The molecule has 0 saturated heterocycles. The van der Waals surface area contributed by atoms with Crippen molar-refractivity contribution in [2.24, 2.45) is 0 Å². The Labute approximate surface area is 564 Å². The van der Waals surface area contributed by atoms with Gasteiger partial charge in [-0.3, -0.25) is 19.6 Å². The second kappa shape index (κ2) is 22.7. The number of nitrogens with zero attached hydrogens (tertiary/aromatic N) is 8. The molecule has 0 saturated carbocycles. The van der Waals surface area contributed by atoms with E-state index in [0.29, 0.717) is 0 Å². The molecule has 4 aliphatic rings. The van der Waals surface area contributed by atoms with Crippen molar-refractivity contribution in [2.75, 3.05) is 29.4 Å². The molecule has 0 spiro atoms. The van der Waals surface area contributed by atoms with Gasteiger partial charge in [-0.25, -0.2) is 9.97 Å². The van der Waals surface area contributed by atoms with Gasteiger partial charge in [-0.2, -0.15) is 0 Å². The van der Waals surface area contributed by atoms with Crippen LogP contribution in [0.15, 0.2) is 255 Å². The molecule has 0 unspecified atom stereocenters. The highest BCUT2D eigenvalue weighted by Gasteiger charge is 2.50. The van der Waals surface area contributed by atoms with Crippen LogP contribution in [0.25, 0.3) is 0 Å². The van der Waals surface area contributed by atoms with Gasteiger partial charge >= 0.3 is 0 Å². The Morgan fingerprint density at radius 1 is 0.229 bits per heavy atom. The third-order valence-electron chi connectivity index (χ3n) is 20.0. The van der Waals surface area contributed by atoms with Crippen molar-refractivity contribution < 1.29 is 0 Å². The Balaban J connectivity index is 1.01. The third-order valence-corrected chi connectivity index (χ3v) is 20.0. The van der Waals surface area contributed by atoms with Crippen molar-refractivity contribution in [3.8, 4) is 0 Å². The van der Waals surface area contributed by atoms with Crippen LogP contribution >= 0.6 is 0 Å². The lowest BCUT2D eigenvalue weighted by Crippen LogP contribution is -2.66. The fraction of sp³-hybridized carbons (Fsp3) is 0.116. The van der Waals surface area contributed by atoms with Crippen molar-refractivity contribution in [3.63, 3.8) is 0 Å². The van der Waals surface area contributed by atoms with E-state index in [4.69, 9.17) is 9.97 Å². The van der Waals surface area contributed by atoms with Gasteiger partial charge in [-0.15, -0.1) is 0 Å². The number of hydrogen-bond donors (Lipinski definition) is 0. The average molecular weight is 1240 g/mol. The van der Waals surface area contributed by atoms with Crippen LogP contribution in [0.3, 0.4) is 0 Å². The minimum absolute atomic E-state index is 0.251. The first-order valence-corrected chi connectivity index (χ1v) is 33.5. The van der Waals surface area contributed by atoms with Crippen molar-refractivity contribution in [3.05, 3.63) is 310 Å². The molecule has 2 aromatic heterocycles. The van der Waals surface area contributed by atoms with E-state index < -0.39 is 0 Å². The first-order valence-electron chi connectivity index (χ1n) is 33.5. The van der Waals surface area contributed by atoms with Crippen LogP contribution in [0.2, 0.25) is 0 Å². The highest BCUT2D eigenvalue weighted by Crippen LogP contribution is 2.51. The van der Waals surface area contributed by atoms with Gasteiger partial charge in [-0.1, -0.05) is 183 Å². The largest absolute Gasteiger partial charge is 0.311 e. The quantitative estimate of drug-likeness (QED) is 0.126. The Morgan fingerprint density at radius 3 is 0.927 bits per heavy atom. The minimum atomic E-state index is -0.298. The number of rotatable bonds is 10. The van der Waals surface area contributed by atoms with E-state index in [1.807, 2.05) is 0 Å². The molecule has 11 aromatic carbocycles. The normalized spacial score (nSPS) is 13.0. The number of anilines is 18. The molecule has 0 aliphatic carbocycles. The first-order chi connectivity index (χ1) is 46.7. The van der Waals surface area contributed by atoms with Crippen LogP contribution in [0.1, 0.15) is 55.6 Å². The maximum atomic E-state index is 6.48. The summed E-state index contributed by atoms with van der Waals surface area (Å²) in [5.74, 6) is 3.41. The van der Waals surface area contributed by atoms with Crippen LogP contribution in [0, 0.1) is 69.2 Å². The number of fused-ring (bicyclic) bond motifs is 8. The molecule has 0 N–H and O–H groups in total. The van der Waals surface area contributed by atoms with E-state index in [0.717, 1.165) is 119 Å². The highest BCUT2D eigenvalue weighted by molar-refractivity contribution is 7.03. The van der Waals surface area contributed by atoms with Crippen molar-refractivity contribution in [1.29, 1.82) is 0 Å². The topological polar surface area (TPSA) is 45.2 Å². The Bertz CT molecular complexity index is 4810. The molecule has 8 nitrogen and oxygen atoms in total. The molecule has 10 heteroatoms. The molecule has 13 aromatic rings. The lowest BCUT2D eigenvalue weighted by Gasteiger charge is -2.47. The van der Waals surface area contributed by atoms with E-state index in [9.17, 15) is 0 Å². The molecular weight excluding hydrogens is 1170 g/mol. The van der Waals surface area contributed by atoms with E-state index in [1.165, 1.54) is 72.0 Å². The highest BCUT2D eigenvalue weighted by atomic mass is 15.3. The number of hydrogen-bond acceptors (Lipinski definition) is 8. The average Bonchev–Trinajstić information content (AvgIpc) is 0.683. The van der Waals surface area contributed by atoms with E-state index in [-0.39, 0.29) is 13.4 Å². The summed E-state index contributed by atoms with van der Waals surface area (Å²) in [5.41, 5.74) is 33.7. The van der Waals surface area contributed by atoms with Crippen molar-refractivity contribution in [2.45, 2.75) is 69.2 Å². The molecule has 0 radical (unpaired) electrons. The lowest BCUT2D eigenvalue weighted by atomic mass is 9.31. The fourth-order valence-corrected chi connectivity index (χ4v) is 15.1. The molecule has 462 valence electrons. The molecule has 4 aliphatic heterocycles. The van der Waals surface area contributed by atoms with Crippen LogP contribution in [0.5, 0.6) is 0 Å². The van der Waals surface area contributed by atoms with Gasteiger partial charge in [0.05, 0.1) is 11.4 Å². The number of pyridine rings is 2. The summed E-state index contributed by atoms with van der Waals surface area (Å²) in [6.45, 7) is 21.2. The van der Waals surface area contributed by atoms with Gasteiger partial charge < -0.3 is 9.80 Å². The van der Waals surface area contributed by atoms with E-state index in [2.05, 4.69) is 353 Å². The molecule has 0 fully saturated rings. The predicted molar refractivity (Wildman–Crippen MR) is 407 cm³/mol. The van der Waals surface area contributed by atoms with Gasteiger partial charge in [0.15, 0.2) is 0 Å². The van der Waals surface area contributed by atoms with Gasteiger partial charge in [0.1, 0.15) is 23.3 Å². The summed E-state index contributed by atoms with van der Waals surface area (Å²) in [6, 6.07) is 95.7. The predicted octanol–water partition coefficient (Wildman–Crippen LogP) is 18.7. The summed E-state index contributed by atoms with van der Waals surface area (Å²) in [5, 5.41) is 0.